The first-order valence-electron chi connectivity index (χ1n) is 4.85. The summed E-state index contributed by atoms with van der Waals surface area (Å²) in [6, 6.07) is 5.67. The normalized spacial score (nSPS) is 9.80. The van der Waals surface area contributed by atoms with Crippen LogP contribution in [0, 0.1) is 13.8 Å². The van der Waals surface area contributed by atoms with Crippen LogP contribution in [0.2, 0.25) is 0 Å². The third-order valence-electron chi connectivity index (χ3n) is 2.20. The van der Waals surface area contributed by atoms with E-state index < -0.39 is 0 Å². The highest BCUT2D eigenvalue weighted by atomic mass is 16.2. The third-order valence-corrected chi connectivity index (χ3v) is 2.20. The fourth-order valence-corrected chi connectivity index (χ4v) is 1.25. The fraction of sp³-hybridized carbons (Fsp3) is 0.333. The van der Waals surface area contributed by atoms with Crippen molar-refractivity contribution < 1.29 is 9.59 Å². The average Bonchev–Trinajstić information content (AvgIpc) is 2.10. The van der Waals surface area contributed by atoms with Gasteiger partial charge in [-0.25, -0.2) is 0 Å². The molecule has 0 aromatic heterocycles. The highest BCUT2D eigenvalue weighted by Gasteiger charge is 2.05. The molecule has 0 aliphatic rings. The summed E-state index contributed by atoms with van der Waals surface area (Å²) >= 11 is 0. The van der Waals surface area contributed by atoms with Crippen LogP contribution in [0.4, 0.5) is 5.69 Å². The third kappa shape index (κ3) is 3.54. The molecule has 0 aliphatic carbocycles. The number of carbonyl (C=O) groups is 2. The molecule has 0 saturated carbocycles. The Morgan fingerprint density at radius 2 is 1.87 bits per heavy atom. The van der Waals surface area contributed by atoms with Gasteiger partial charge in [0.05, 0.1) is 6.42 Å². The number of ketones is 1. The van der Waals surface area contributed by atoms with Gasteiger partial charge in [0, 0.05) is 5.69 Å². The Kier molecular flexibility index (Phi) is 3.61. The molecule has 80 valence electrons. The van der Waals surface area contributed by atoms with E-state index in [0.717, 1.165) is 11.3 Å². The SMILES string of the molecule is CC(=O)CC(=O)Nc1ccc(C)c(C)c1. The van der Waals surface area contributed by atoms with Crippen molar-refractivity contribution in [3.8, 4) is 0 Å². The van der Waals surface area contributed by atoms with E-state index in [9.17, 15) is 9.59 Å². The lowest BCUT2D eigenvalue weighted by Crippen LogP contribution is -2.14. The molecule has 0 radical (unpaired) electrons. The predicted octanol–water partition coefficient (Wildman–Crippen LogP) is 2.22. The summed E-state index contributed by atoms with van der Waals surface area (Å²) in [6.45, 7) is 5.40. The highest BCUT2D eigenvalue weighted by molar-refractivity contribution is 6.03. The molecule has 1 rings (SSSR count). The Morgan fingerprint density at radius 1 is 1.20 bits per heavy atom. The second-order valence-electron chi connectivity index (χ2n) is 3.73. The van der Waals surface area contributed by atoms with Gasteiger partial charge in [-0.1, -0.05) is 6.07 Å². The molecule has 3 nitrogen and oxygen atoms in total. The maximum Gasteiger partial charge on any atom is 0.231 e. The molecule has 1 N–H and O–H groups in total. The lowest BCUT2D eigenvalue weighted by molar-refractivity contribution is -0.124. The van der Waals surface area contributed by atoms with Crippen molar-refractivity contribution in [2.75, 3.05) is 5.32 Å². The fourth-order valence-electron chi connectivity index (χ4n) is 1.25. The van der Waals surface area contributed by atoms with Gasteiger partial charge >= 0.3 is 0 Å². The molecule has 1 amide bonds. The molecule has 1 aromatic rings. The minimum atomic E-state index is -0.259. The molecule has 15 heavy (non-hydrogen) atoms. The van der Waals surface area contributed by atoms with Gasteiger partial charge in [-0.3, -0.25) is 9.59 Å². The van der Waals surface area contributed by atoms with Gasteiger partial charge in [-0.15, -0.1) is 0 Å². The summed E-state index contributed by atoms with van der Waals surface area (Å²) < 4.78 is 0. The molecule has 0 saturated heterocycles. The molecule has 0 atom stereocenters. The van der Waals surface area contributed by atoms with Crippen LogP contribution >= 0.6 is 0 Å². The van der Waals surface area contributed by atoms with Crippen LogP contribution in [-0.4, -0.2) is 11.7 Å². The monoisotopic (exact) mass is 205 g/mol. The molecule has 0 spiro atoms. The van der Waals surface area contributed by atoms with E-state index in [-0.39, 0.29) is 18.1 Å². The molecule has 0 unspecified atom stereocenters. The number of hydrogen-bond donors (Lipinski definition) is 1. The van der Waals surface area contributed by atoms with Crippen molar-refractivity contribution in [3.05, 3.63) is 29.3 Å². The summed E-state index contributed by atoms with van der Waals surface area (Å²) in [7, 11) is 0. The molecule has 3 heteroatoms. The zero-order chi connectivity index (χ0) is 11.4. The number of anilines is 1. The summed E-state index contributed by atoms with van der Waals surface area (Å²) in [5, 5.41) is 2.68. The number of nitrogens with one attached hydrogen (secondary N) is 1. The van der Waals surface area contributed by atoms with Crippen LogP contribution in [0.3, 0.4) is 0 Å². The first kappa shape index (κ1) is 11.4. The van der Waals surface area contributed by atoms with Gasteiger partial charge in [-0.05, 0) is 44.0 Å². The molecule has 0 fully saturated rings. The number of benzene rings is 1. The smallest absolute Gasteiger partial charge is 0.231 e. The lowest BCUT2D eigenvalue weighted by atomic mass is 10.1. The quantitative estimate of drug-likeness (QED) is 0.769. The minimum absolute atomic E-state index is 0.0626. The second-order valence-corrected chi connectivity index (χ2v) is 3.73. The maximum atomic E-state index is 11.3. The van der Waals surface area contributed by atoms with Crippen LogP contribution in [0.25, 0.3) is 0 Å². The van der Waals surface area contributed by atoms with E-state index in [4.69, 9.17) is 0 Å². The van der Waals surface area contributed by atoms with Gasteiger partial charge in [0.2, 0.25) is 5.91 Å². The van der Waals surface area contributed by atoms with E-state index in [1.165, 1.54) is 12.5 Å². The molecule has 0 bridgehead atoms. The number of Topliss-reactive ketones (excluding diaryl/α,β-unsaturated/α-hetero) is 1. The van der Waals surface area contributed by atoms with Crippen molar-refractivity contribution in [3.63, 3.8) is 0 Å². The summed E-state index contributed by atoms with van der Waals surface area (Å²) in [5.74, 6) is -0.387. The van der Waals surface area contributed by atoms with Crippen molar-refractivity contribution in [2.24, 2.45) is 0 Å². The number of carbonyl (C=O) groups excluding carboxylic acids is 2. The number of amides is 1. The van der Waals surface area contributed by atoms with Gasteiger partial charge in [0.15, 0.2) is 0 Å². The Hall–Kier alpha value is -1.64. The van der Waals surface area contributed by atoms with Crippen LogP contribution < -0.4 is 5.32 Å². The number of rotatable bonds is 3. The first-order valence-corrected chi connectivity index (χ1v) is 4.85. The van der Waals surface area contributed by atoms with Crippen LogP contribution in [0.5, 0.6) is 0 Å². The highest BCUT2D eigenvalue weighted by Crippen LogP contribution is 2.14. The van der Waals surface area contributed by atoms with Crippen LogP contribution in [0.1, 0.15) is 24.5 Å². The first-order chi connectivity index (χ1) is 6.99. The summed E-state index contributed by atoms with van der Waals surface area (Å²) in [6.07, 6.45) is -0.0626. The van der Waals surface area contributed by atoms with E-state index in [0.29, 0.717) is 0 Å². The topological polar surface area (TPSA) is 46.2 Å². The minimum Gasteiger partial charge on any atom is -0.326 e. The summed E-state index contributed by atoms with van der Waals surface area (Å²) in [5.41, 5.74) is 3.04. The van der Waals surface area contributed by atoms with E-state index in [1.54, 1.807) is 0 Å². The van der Waals surface area contributed by atoms with E-state index >= 15 is 0 Å². The predicted molar refractivity (Wildman–Crippen MR) is 59.8 cm³/mol. The Morgan fingerprint density at radius 3 is 2.40 bits per heavy atom. The maximum absolute atomic E-state index is 11.3. The second kappa shape index (κ2) is 4.73. The molecular weight excluding hydrogens is 190 g/mol. The average molecular weight is 205 g/mol. The molecule has 0 aliphatic heterocycles. The lowest BCUT2D eigenvalue weighted by Gasteiger charge is -2.06. The molecule has 0 heterocycles. The summed E-state index contributed by atoms with van der Waals surface area (Å²) in [4.78, 5) is 22.0. The van der Waals surface area contributed by atoms with Gasteiger partial charge in [0.25, 0.3) is 0 Å². The molecule has 1 aromatic carbocycles. The zero-order valence-electron chi connectivity index (χ0n) is 9.26. The van der Waals surface area contributed by atoms with Crippen molar-refractivity contribution in [1.82, 2.24) is 0 Å². The molecular formula is C12H15NO2. The zero-order valence-corrected chi connectivity index (χ0v) is 9.26. The number of aryl methyl sites for hydroxylation is 2. The Balaban J connectivity index is 2.69. The Bertz CT molecular complexity index is 397. The largest absolute Gasteiger partial charge is 0.326 e. The van der Waals surface area contributed by atoms with Crippen LogP contribution in [-0.2, 0) is 9.59 Å². The Labute approximate surface area is 89.5 Å². The number of hydrogen-bond acceptors (Lipinski definition) is 2. The van der Waals surface area contributed by atoms with Gasteiger partial charge in [0.1, 0.15) is 5.78 Å². The van der Waals surface area contributed by atoms with E-state index in [2.05, 4.69) is 5.32 Å². The van der Waals surface area contributed by atoms with E-state index in [1.807, 2.05) is 32.0 Å². The van der Waals surface area contributed by atoms with Crippen molar-refractivity contribution in [1.29, 1.82) is 0 Å². The van der Waals surface area contributed by atoms with Crippen LogP contribution in [0.15, 0.2) is 18.2 Å². The van der Waals surface area contributed by atoms with Gasteiger partial charge < -0.3 is 5.32 Å². The van der Waals surface area contributed by atoms with Gasteiger partial charge in [-0.2, -0.15) is 0 Å². The van der Waals surface area contributed by atoms with Crippen molar-refractivity contribution in [2.45, 2.75) is 27.2 Å². The standard InChI is InChI=1S/C12H15NO2/c1-8-4-5-11(6-9(8)2)13-12(15)7-10(3)14/h4-6H,7H2,1-3H3,(H,13,15). The van der Waals surface area contributed by atoms with Crippen molar-refractivity contribution >= 4 is 17.4 Å².